The number of methoxy groups -OCH3 is 2. The first kappa shape index (κ1) is 12.2. The minimum absolute atomic E-state index is 0.00641. The van der Waals surface area contributed by atoms with Crippen molar-refractivity contribution in [3.05, 3.63) is 23.4 Å². The number of hydrogen-bond donors (Lipinski definition) is 1. The number of halogens is 1. The van der Waals surface area contributed by atoms with Crippen LogP contribution in [0.3, 0.4) is 0 Å². The molecular weight excluding hydrogens is 216 g/mol. The molecule has 0 amide bonds. The average molecular weight is 231 g/mol. The van der Waals surface area contributed by atoms with Crippen LogP contribution in [0.1, 0.15) is 0 Å². The molecule has 1 unspecified atom stereocenters. The molecule has 0 saturated heterocycles. The summed E-state index contributed by atoms with van der Waals surface area (Å²) in [4.78, 5) is 4.11. The molecule has 15 heavy (non-hydrogen) atoms. The molecule has 0 aliphatic rings. The van der Waals surface area contributed by atoms with Crippen molar-refractivity contribution in [1.29, 1.82) is 0 Å². The Morgan fingerprint density at radius 2 is 2.33 bits per heavy atom. The zero-order valence-electron chi connectivity index (χ0n) is 8.87. The van der Waals surface area contributed by atoms with Gasteiger partial charge < -0.3 is 14.8 Å². The van der Waals surface area contributed by atoms with Crippen LogP contribution in [0, 0.1) is 0 Å². The molecule has 5 heteroatoms. The quantitative estimate of drug-likeness (QED) is 0.810. The molecule has 0 bridgehead atoms. The molecule has 0 aliphatic heterocycles. The highest BCUT2D eigenvalue weighted by atomic mass is 35.5. The molecule has 0 radical (unpaired) electrons. The van der Waals surface area contributed by atoms with Gasteiger partial charge in [0.25, 0.3) is 0 Å². The summed E-state index contributed by atoms with van der Waals surface area (Å²) in [5, 5.41) is 3.70. The van der Waals surface area contributed by atoms with E-state index < -0.39 is 0 Å². The van der Waals surface area contributed by atoms with Gasteiger partial charge in [-0.1, -0.05) is 11.6 Å². The molecule has 0 aromatic carbocycles. The standard InChI is InChI=1S/C10H15ClN2O2/c1-14-7-8(15-2)6-13-10-9(11)4-3-5-12-10/h3-5,8H,6-7H2,1-2H3,(H,12,13). The van der Waals surface area contributed by atoms with Crippen LogP contribution in [0.2, 0.25) is 5.02 Å². The molecule has 0 fully saturated rings. The normalized spacial score (nSPS) is 12.5. The zero-order chi connectivity index (χ0) is 11.1. The molecule has 1 aromatic heterocycles. The average Bonchev–Trinajstić information content (AvgIpc) is 2.26. The van der Waals surface area contributed by atoms with E-state index in [1.165, 1.54) is 0 Å². The first-order valence-electron chi connectivity index (χ1n) is 4.64. The highest BCUT2D eigenvalue weighted by Gasteiger charge is 2.07. The van der Waals surface area contributed by atoms with Crippen LogP contribution < -0.4 is 5.32 Å². The third kappa shape index (κ3) is 4.03. The number of aromatic nitrogens is 1. The number of ether oxygens (including phenoxy) is 2. The van der Waals surface area contributed by atoms with E-state index in [1.54, 1.807) is 32.5 Å². The lowest BCUT2D eigenvalue weighted by Gasteiger charge is -2.15. The Kier molecular flexibility index (Phi) is 5.39. The van der Waals surface area contributed by atoms with Crippen molar-refractivity contribution in [2.24, 2.45) is 0 Å². The van der Waals surface area contributed by atoms with Gasteiger partial charge in [-0.3, -0.25) is 0 Å². The Morgan fingerprint density at radius 1 is 1.53 bits per heavy atom. The minimum atomic E-state index is -0.00641. The van der Waals surface area contributed by atoms with E-state index in [0.717, 1.165) is 0 Å². The Hall–Kier alpha value is -0.840. The van der Waals surface area contributed by atoms with Crippen LogP contribution in [0.4, 0.5) is 5.82 Å². The summed E-state index contributed by atoms with van der Waals surface area (Å²) in [7, 11) is 3.28. The number of pyridine rings is 1. The maximum absolute atomic E-state index is 5.93. The maximum Gasteiger partial charge on any atom is 0.144 e. The van der Waals surface area contributed by atoms with Crippen molar-refractivity contribution in [1.82, 2.24) is 4.98 Å². The van der Waals surface area contributed by atoms with Crippen LogP contribution in [-0.2, 0) is 9.47 Å². The number of rotatable bonds is 6. The number of nitrogens with one attached hydrogen (secondary N) is 1. The van der Waals surface area contributed by atoms with Crippen molar-refractivity contribution in [2.75, 3.05) is 32.7 Å². The summed E-state index contributed by atoms with van der Waals surface area (Å²) in [6.45, 7) is 1.15. The third-order valence-corrected chi connectivity index (χ3v) is 2.25. The number of anilines is 1. The monoisotopic (exact) mass is 230 g/mol. The van der Waals surface area contributed by atoms with Gasteiger partial charge in [0.15, 0.2) is 0 Å². The highest BCUT2D eigenvalue weighted by Crippen LogP contribution is 2.17. The van der Waals surface area contributed by atoms with Gasteiger partial charge in [0.2, 0.25) is 0 Å². The molecule has 1 aromatic rings. The molecule has 0 spiro atoms. The third-order valence-electron chi connectivity index (χ3n) is 1.94. The molecule has 0 saturated carbocycles. The molecule has 1 rings (SSSR count). The summed E-state index contributed by atoms with van der Waals surface area (Å²) in [5.41, 5.74) is 0. The summed E-state index contributed by atoms with van der Waals surface area (Å²) in [6.07, 6.45) is 1.68. The van der Waals surface area contributed by atoms with Gasteiger partial charge >= 0.3 is 0 Å². The molecular formula is C10H15ClN2O2. The summed E-state index contributed by atoms with van der Waals surface area (Å²) >= 11 is 5.93. The molecule has 1 heterocycles. The van der Waals surface area contributed by atoms with Crippen molar-refractivity contribution >= 4 is 17.4 Å². The van der Waals surface area contributed by atoms with Crippen molar-refractivity contribution in [3.63, 3.8) is 0 Å². The lowest BCUT2D eigenvalue weighted by molar-refractivity contribution is 0.0365. The van der Waals surface area contributed by atoms with Crippen molar-refractivity contribution in [2.45, 2.75) is 6.10 Å². The molecule has 84 valence electrons. The number of hydrogen-bond acceptors (Lipinski definition) is 4. The van der Waals surface area contributed by atoms with Crippen LogP contribution in [0.25, 0.3) is 0 Å². The fraction of sp³-hybridized carbons (Fsp3) is 0.500. The predicted octanol–water partition coefficient (Wildman–Crippen LogP) is 1.81. The second-order valence-corrected chi connectivity index (χ2v) is 3.43. The Balaban J connectivity index is 2.45. The summed E-state index contributed by atoms with van der Waals surface area (Å²) < 4.78 is 10.2. The van der Waals surface area contributed by atoms with Gasteiger partial charge in [-0.15, -0.1) is 0 Å². The first-order chi connectivity index (χ1) is 7.27. The Labute approximate surface area is 94.6 Å². The first-order valence-corrected chi connectivity index (χ1v) is 5.02. The summed E-state index contributed by atoms with van der Waals surface area (Å²) in [6, 6.07) is 3.57. The summed E-state index contributed by atoms with van der Waals surface area (Å²) in [5.74, 6) is 0.664. The predicted molar refractivity (Wildman–Crippen MR) is 60.4 cm³/mol. The van der Waals surface area contributed by atoms with Gasteiger partial charge in [-0.25, -0.2) is 4.98 Å². The zero-order valence-corrected chi connectivity index (χ0v) is 9.62. The second-order valence-electron chi connectivity index (χ2n) is 3.03. The Bertz CT molecular complexity index is 297. The van der Waals surface area contributed by atoms with Crippen LogP contribution >= 0.6 is 11.6 Å². The van der Waals surface area contributed by atoms with Crippen molar-refractivity contribution < 1.29 is 9.47 Å². The van der Waals surface area contributed by atoms with E-state index in [-0.39, 0.29) is 6.10 Å². The van der Waals surface area contributed by atoms with Gasteiger partial charge in [0.05, 0.1) is 17.7 Å². The minimum Gasteiger partial charge on any atom is -0.382 e. The van der Waals surface area contributed by atoms with E-state index in [1.807, 2.05) is 0 Å². The fourth-order valence-corrected chi connectivity index (χ4v) is 1.31. The fourth-order valence-electron chi connectivity index (χ4n) is 1.12. The largest absolute Gasteiger partial charge is 0.382 e. The van der Waals surface area contributed by atoms with Crippen LogP contribution in [0.5, 0.6) is 0 Å². The SMILES string of the molecule is COCC(CNc1ncccc1Cl)OC. The molecule has 1 N–H and O–H groups in total. The maximum atomic E-state index is 5.93. The molecule has 4 nitrogen and oxygen atoms in total. The van der Waals surface area contributed by atoms with E-state index in [4.69, 9.17) is 21.1 Å². The van der Waals surface area contributed by atoms with Crippen LogP contribution in [-0.4, -0.2) is 38.5 Å². The van der Waals surface area contributed by atoms with Gasteiger partial charge in [-0.05, 0) is 12.1 Å². The topological polar surface area (TPSA) is 43.4 Å². The lowest BCUT2D eigenvalue weighted by Crippen LogP contribution is -2.26. The van der Waals surface area contributed by atoms with E-state index in [2.05, 4.69) is 10.3 Å². The molecule has 1 atom stereocenters. The smallest absolute Gasteiger partial charge is 0.144 e. The van der Waals surface area contributed by atoms with E-state index >= 15 is 0 Å². The molecule has 0 aliphatic carbocycles. The van der Waals surface area contributed by atoms with Gasteiger partial charge in [-0.2, -0.15) is 0 Å². The Morgan fingerprint density at radius 3 is 2.93 bits per heavy atom. The van der Waals surface area contributed by atoms with E-state index in [9.17, 15) is 0 Å². The second kappa shape index (κ2) is 6.61. The number of nitrogens with zero attached hydrogens (tertiary/aromatic N) is 1. The van der Waals surface area contributed by atoms with E-state index in [0.29, 0.717) is 24.0 Å². The van der Waals surface area contributed by atoms with Gasteiger partial charge in [0.1, 0.15) is 5.82 Å². The highest BCUT2D eigenvalue weighted by molar-refractivity contribution is 6.32. The lowest BCUT2D eigenvalue weighted by atomic mass is 10.3. The van der Waals surface area contributed by atoms with Gasteiger partial charge in [0, 0.05) is 27.0 Å². The van der Waals surface area contributed by atoms with Crippen molar-refractivity contribution in [3.8, 4) is 0 Å². The van der Waals surface area contributed by atoms with Crippen LogP contribution in [0.15, 0.2) is 18.3 Å².